The number of aryl methyl sites for hydroxylation is 1. The normalized spacial score (nSPS) is 14.8. The lowest BCUT2D eigenvalue weighted by molar-refractivity contribution is -0.122. The molecular formula is C17H24N2O2S. The minimum absolute atomic E-state index is 0.0252. The van der Waals surface area contributed by atoms with Crippen LogP contribution in [0.25, 0.3) is 0 Å². The number of rotatable bonds is 6. The summed E-state index contributed by atoms with van der Waals surface area (Å²) in [5.74, 6) is 0.197. The molecule has 1 aromatic carbocycles. The average molecular weight is 320 g/mol. The van der Waals surface area contributed by atoms with Crippen LogP contribution in [0.2, 0.25) is 0 Å². The Hall–Kier alpha value is -1.49. The van der Waals surface area contributed by atoms with Gasteiger partial charge in [0.15, 0.2) is 0 Å². The lowest BCUT2D eigenvalue weighted by atomic mass is 10.1. The molecule has 22 heavy (non-hydrogen) atoms. The van der Waals surface area contributed by atoms with Gasteiger partial charge in [-0.2, -0.15) is 0 Å². The van der Waals surface area contributed by atoms with Gasteiger partial charge in [0.2, 0.25) is 11.8 Å². The third kappa shape index (κ3) is 5.05. The van der Waals surface area contributed by atoms with Gasteiger partial charge in [0, 0.05) is 10.9 Å². The van der Waals surface area contributed by atoms with E-state index in [-0.39, 0.29) is 18.4 Å². The summed E-state index contributed by atoms with van der Waals surface area (Å²) in [6.45, 7) is 4.01. The SMILES string of the molecule is Cc1cccc(NC(=O)CNC(=O)CSC2CCCC2)c1C. The summed E-state index contributed by atoms with van der Waals surface area (Å²) in [7, 11) is 0. The molecule has 2 amide bonds. The van der Waals surface area contributed by atoms with Crippen molar-refractivity contribution in [3.8, 4) is 0 Å². The third-order valence-electron chi connectivity index (χ3n) is 4.08. The molecule has 0 radical (unpaired) electrons. The molecule has 0 atom stereocenters. The zero-order valence-electron chi connectivity index (χ0n) is 13.3. The van der Waals surface area contributed by atoms with Crippen LogP contribution in [0.15, 0.2) is 18.2 Å². The van der Waals surface area contributed by atoms with Gasteiger partial charge >= 0.3 is 0 Å². The number of anilines is 1. The van der Waals surface area contributed by atoms with Crippen molar-refractivity contribution in [3.05, 3.63) is 29.3 Å². The number of nitrogens with one attached hydrogen (secondary N) is 2. The topological polar surface area (TPSA) is 58.2 Å². The van der Waals surface area contributed by atoms with Crippen LogP contribution in [0.4, 0.5) is 5.69 Å². The molecule has 1 saturated carbocycles. The molecule has 1 aliphatic carbocycles. The average Bonchev–Trinajstić information content (AvgIpc) is 3.01. The minimum atomic E-state index is -0.187. The summed E-state index contributed by atoms with van der Waals surface area (Å²) in [5.41, 5.74) is 2.99. The van der Waals surface area contributed by atoms with Gasteiger partial charge in [-0.15, -0.1) is 11.8 Å². The van der Waals surface area contributed by atoms with Gasteiger partial charge < -0.3 is 10.6 Å². The molecule has 4 nitrogen and oxygen atoms in total. The van der Waals surface area contributed by atoms with Crippen LogP contribution in [-0.2, 0) is 9.59 Å². The van der Waals surface area contributed by atoms with E-state index >= 15 is 0 Å². The van der Waals surface area contributed by atoms with E-state index in [2.05, 4.69) is 10.6 Å². The Bertz CT molecular complexity index is 539. The highest BCUT2D eigenvalue weighted by atomic mass is 32.2. The molecule has 5 heteroatoms. The number of amides is 2. The highest BCUT2D eigenvalue weighted by molar-refractivity contribution is 8.00. The molecule has 2 N–H and O–H groups in total. The van der Waals surface area contributed by atoms with Crippen LogP contribution in [0.5, 0.6) is 0 Å². The maximum atomic E-state index is 11.9. The minimum Gasteiger partial charge on any atom is -0.346 e. The Morgan fingerprint density at radius 1 is 1.18 bits per heavy atom. The van der Waals surface area contributed by atoms with Crippen LogP contribution in [0, 0.1) is 13.8 Å². The second kappa shape index (κ2) is 8.22. The largest absolute Gasteiger partial charge is 0.346 e. The predicted molar refractivity (Wildman–Crippen MR) is 92.3 cm³/mol. The van der Waals surface area contributed by atoms with Crippen molar-refractivity contribution < 1.29 is 9.59 Å². The molecule has 0 heterocycles. The first kappa shape index (κ1) is 16.9. The Kier molecular flexibility index (Phi) is 6.31. The van der Waals surface area contributed by atoms with Gasteiger partial charge in [-0.25, -0.2) is 0 Å². The van der Waals surface area contributed by atoms with Crippen molar-refractivity contribution >= 4 is 29.3 Å². The van der Waals surface area contributed by atoms with Crippen molar-refractivity contribution in [2.75, 3.05) is 17.6 Å². The van der Waals surface area contributed by atoms with Gasteiger partial charge in [0.05, 0.1) is 12.3 Å². The molecule has 0 aliphatic heterocycles. The molecule has 1 fully saturated rings. The van der Waals surface area contributed by atoms with Crippen molar-refractivity contribution in [1.29, 1.82) is 0 Å². The highest BCUT2D eigenvalue weighted by Gasteiger charge is 2.16. The first-order valence-electron chi connectivity index (χ1n) is 7.80. The number of thioether (sulfide) groups is 1. The van der Waals surface area contributed by atoms with Crippen molar-refractivity contribution in [2.24, 2.45) is 0 Å². The maximum Gasteiger partial charge on any atom is 0.243 e. The Balaban J connectivity index is 1.70. The van der Waals surface area contributed by atoms with E-state index in [1.165, 1.54) is 25.7 Å². The number of carbonyl (C=O) groups excluding carboxylic acids is 2. The molecule has 2 rings (SSSR count). The lowest BCUT2D eigenvalue weighted by Crippen LogP contribution is -2.34. The van der Waals surface area contributed by atoms with Gasteiger partial charge in [-0.1, -0.05) is 25.0 Å². The van der Waals surface area contributed by atoms with Crippen molar-refractivity contribution in [1.82, 2.24) is 5.32 Å². The monoisotopic (exact) mass is 320 g/mol. The van der Waals surface area contributed by atoms with Gasteiger partial charge in [-0.05, 0) is 43.9 Å². The zero-order chi connectivity index (χ0) is 15.9. The molecular weight excluding hydrogens is 296 g/mol. The van der Waals surface area contributed by atoms with Crippen molar-refractivity contribution in [3.63, 3.8) is 0 Å². The summed E-state index contributed by atoms with van der Waals surface area (Å²) in [6.07, 6.45) is 4.98. The molecule has 1 aliphatic rings. The highest BCUT2D eigenvalue weighted by Crippen LogP contribution is 2.29. The molecule has 0 saturated heterocycles. The molecule has 0 bridgehead atoms. The number of hydrogen-bond acceptors (Lipinski definition) is 3. The summed E-state index contributed by atoms with van der Waals surface area (Å²) in [6, 6.07) is 5.79. The van der Waals surface area contributed by atoms with E-state index in [0.717, 1.165) is 16.8 Å². The second-order valence-electron chi connectivity index (χ2n) is 5.79. The van der Waals surface area contributed by atoms with E-state index in [0.29, 0.717) is 11.0 Å². The Morgan fingerprint density at radius 3 is 2.64 bits per heavy atom. The molecule has 0 unspecified atom stereocenters. The molecule has 0 spiro atoms. The maximum absolute atomic E-state index is 11.9. The summed E-state index contributed by atoms with van der Waals surface area (Å²) in [4.78, 5) is 23.7. The predicted octanol–water partition coefficient (Wildman–Crippen LogP) is 3.03. The summed E-state index contributed by atoms with van der Waals surface area (Å²) in [5, 5.41) is 6.15. The second-order valence-corrected chi connectivity index (χ2v) is 7.08. The fourth-order valence-electron chi connectivity index (χ4n) is 2.56. The fraction of sp³-hybridized carbons (Fsp3) is 0.529. The summed E-state index contributed by atoms with van der Waals surface area (Å²) < 4.78 is 0. The molecule has 1 aromatic rings. The number of benzene rings is 1. The van der Waals surface area contributed by atoms with Crippen LogP contribution in [0.3, 0.4) is 0 Å². The Labute approximate surface area is 136 Å². The number of carbonyl (C=O) groups is 2. The summed E-state index contributed by atoms with van der Waals surface area (Å²) >= 11 is 1.71. The Morgan fingerprint density at radius 2 is 1.91 bits per heavy atom. The third-order valence-corrected chi connectivity index (χ3v) is 5.45. The fourth-order valence-corrected chi connectivity index (χ4v) is 3.72. The van der Waals surface area contributed by atoms with Gasteiger partial charge in [0.25, 0.3) is 0 Å². The number of hydrogen-bond donors (Lipinski definition) is 2. The van der Waals surface area contributed by atoms with Crippen LogP contribution < -0.4 is 10.6 Å². The molecule has 120 valence electrons. The standard InChI is InChI=1S/C17H24N2O2S/c1-12-6-5-9-15(13(12)2)19-16(20)10-18-17(21)11-22-14-7-3-4-8-14/h5-6,9,14H,3-4,7-8,10-11H2,1-2H3,(H,18,21)(H,19,20). The van der Waals surface area contributed by atoms with Gasteiger partial charge in [0.1, 0.15) is 0 Å². The van der Waals surface area contributed by atoms with Gasteiger partial charge in [-0.3, -0.25) is 9.59 Å². The molecule has 0 aromatic heterocycles. The quantitative estimate of drug-likeness (QED) is 0.847. The van der Waals surface area contributed by atoms with Crippen LogP contribution in [0.1, 0.15) is 36.8 Å². The van der Waals surface area contributed by atoms with E-state index in [1.54, 1.807) is 11.8 Å². The van der Waals surface area contributed by atoms with Crippen LogP contribution in [-0.4, -0.2) is 29.4 Å². The van der Waals surface area contributed by atoms with E-state index in [9.17, 15) is 9.59 Å². The zero-order valence-corrected chi connectivity index (χ0v) is 14.1. The lowest BCUT2D eigenvalue weighted by Gasteiger charge is -2.11. The van der Waals surface area contributed by atoms with Crippen molar-refractivity contribution in [2.45, 2.75) is 44.8 Å². The first-order chi connectivity index (χ1) is 10.6. The van der Waals surface area contributed by atoms with E-state index in [1.807, 2.05) is 32.0 Å². The van der Waals surface area contributed by atoms with E-state index in [4.69, 9.17) is 0 Å². The first-order valence-corrected chi connectivity index (χ1v) is 8.85. The van der Waals surface area contributed by atoms with E-state index < -0.39 is 0 Å². The smallest absolute Gasteiger partial charge is 0.243 e. The van der Waals surface area contributed by atoms with Crippen LogP contribution >= 0.6 is 11.8 Å².